The van der Waals surface area contributed by atoms with Crippen LogP contribution < -0.4 is 5.32 Å². The molecule has 1 unspecified atom stereocenters. The predicted molar refractivity (Wildman–Crippen MR) is 108 cm³/mol. The van der Waals surface area contributed by atoms with Gasteiger partial charge in [0, 0.05) is 11.8 Å². The van der Waals surface area contributed by atoms with Crippen LogP contribution in [0.3, 0.4) is 0 Å². The second kappa shape index (κ2) is 8.32. The SMILES string of the molecule is Cc1ccccc1NC(=O)C(C)OC(=O)C=Cc1cccc2ccccc12. The van der Waals surface area contributed by atoms with E-state index < -0.39 is 12.1 Å². The topological polar surface area (TPSA) is 55.4 Å². The van der Waals surface area contributed by atoms with E-state index in [-0.39, 0.29) is 5.91 Å². The normalized spacial score (nSPS) is 12.1. The minimum Gasteiger partial charge on any atom is -0.449 e. The smallest absolute Gasteiger partial charge is 0.331 e. The van der Waals surface area contributed by atoms with Crippen molar-refractivity contribution in [3.05, 3.63) is 83.9 Å². The molecule has 0 saturated heterocycles. The molecule has 0 saturated carbocycles. The van der Waals surface area contributed by atoms with Gasteiger partial charge in [-0.2, -0.15) is 0 Å². The number of hydrogen-bond acceptors (Lipinski definition) is 3. The summed E-state index contributed by atoms with van der Waals surface area (Å²) >= 11 is 0. The maximum absolute atomic E-state index is 12.2. The van der Waals surface area contributed by atoms with E-state index in [4.69, 9.17) is 4.74 Å². The molecule has 0 aliphatic heterocycles. The molecule has 0 fully saturated rings. The maximum Gasteiger partial charge on any atom is 0.331 e. The minimum atomic E-state index is -0.894. The molecule has 3 aromatic carbocycles. The fraction of sp³-hybridized carbons (Fsp3) is 0.130. The highest BCUT2D eigenvalue weighted by atomic mass is 16.5. The number of fused-ring (bicyclic) bond motifs is 1. The molecule has 0 spiro atoms. The highest BCUT2D eigenvalue weighted by molar-refractivity contribution is 5.98. The third kappa shape index (κ3) is 4.61. The summed E-state index contributed by atoms with van der Waals surface area (Å²) in [6.07, 6.45) is 2.16. The van der Waals surface area contributed by atoms with Gasteiger partial charge < -0.3 is 10.1 Å². The Morgan fingerprint density at radius 3 is 2.48 bits per heavy atom. The average Bonchev–Trinajstić information content (AvgIpc) is 2.68. The van der Waals surface area contributed by atoms with Crippen molar-refractivity contribution < 1.29 is 14.3 Å². The van der Waals surface area contributed by atoms with Crippen molar-refractivity contribution in [1.82, 2.24) is 0 Å². The van der Waals surface area contributed by atoms with Crippen LogP contribution in [-0.2, 0) is 14.3 Å². The lowest BCUT2D eigenvalue weighted by atomic mass is 10.0. The summed E-state index contributed by atoms with van der Waals surface area (Å²) in [6, 6.07) is 21.3. The van der Waals surface area contributed by atoms with E-state index in [0.717, 1.165) is 21.9 Å². The molecule has 1 N–H and O–H groups in total. The van der Waals surface area contributed by atoms with Gasteiger partial charge >= 0.3 is 5.97 Å². The number of ether oxygens (including phenoxy) is 1. The summed E-state index contributed by atoms with van der Waals surface area (Å²) in [6.45, 7) is 3.45. The van der Waals surface area contributed by atoms with Crippen molar-refractivity contribution >= 4 is 34.4 Å². The fourth-order valence-electron chi connectivity index (χ4n) is 2.77. The molecule has 0 bridgehead atoms. The minimum absolute atomic E-state index is 0.365. The number of rotatable bonds is 5. The van der Waals surface area contributed by atoms with E-state index in [0.29, 0.717) is 5.69 Å². The number of carbonyl (C=O) groups is 2. The molecule has 3 rings (SSSR count). The summed E-state index contributed by atoms with van der Waals surface area (Å²) in [5.74, 6) is -0.924. The van der Waals surface area contributed by atoms with Gasteiger partial charge in [-0.1, -0.05) is 60.7 Å². The van der Waals surface area contributed by atoms with Crippen LogP contribution in [-0.4, -0.2) is 18.0 Å². The number of para-hydroxylation sites is 1. The molecule has 0 radical (unpaired) electrons. The molecular weight excluding hydrogens is 338 g/mol. The summed E-state index contributed by atoms with van der Waals surface area (Å²) < 4.78 is 5.22. The number of amides is 1. The molecule has 3 aromatic rings. The molecule has 4 nitrogen and oxygen atoms in total. The monoisotopic (exact) mass is 359 g/mol. The van der Waals surface area contributed by atoms with Crippen molar-refractivity contribution in [3.63, 3.8) is 0 Å². The Morgan fingerprint density at radius 2 is 1.67 bits per heavy atom. The lowest BCUT2D eigenvalue weighted by molar-refractivity contribution is -0.148. The Labute approximate surface area is 158 Å². The number of anilines is 1. The molecule has 27 heavy (non-hydrogen) atoms. The van der Waals surface area contributed by atoms with Crippen LogP contribution in [0.4, 0.5) is 5.69 Å². The van der Waals surface area contributed by atoms with Gasteiger partial charge in [0.2, 0.25) is 0 Å². The van der Waals surface area contributed by atoms with Crippen molar-refractivity contribution in [2.45, 2.75) is 20.0 Å². The summed E-state index contributed by atoms with van der Waals surface area (Å²) in [5.41, 5.74) is 2.57. The van der Waals surface area contributed by atoms with E-state index in [9.17, 15) is 9.59 Å². The largest absolute Gasteiger partial charge is 0.449 e. The van der Waals surface area contributed by atoms with E-state index >= 15 is 0 Å². The first-order chi connectivity index (χ1) is 13.0. The molecule has 0 aliphatic carbocycles. The number of nitrogens with one attached hydrogen (secondary N) is 1. The van der Waals surface area contributed by atoms with Gasteiger partial charge in [-0.3, -0.25) is 4.79 Å². The Bertz CT molecular complexity index is 1000. The first kappa shape index (κ1) is 18.4. The first-order valence-electron chi connectivity index (χ1n) is 8.77. The molecule has 4 heteroatoms. The van der Waals surface area contributed by atoms with Gasteiger partial charge in [-0.15, -0.1) is 0 Å². The zero-order valence-corrected chi connectivity index (χ0v) is 15.3. The lowest BCUT2D eigenvalue weighted by Crippen LogP contribution is -2.29. The van der Waals surface area contributed by atoms with Crippen LogP contribution >= 0.6 is 0 Å². The molecule has 136 valence electrons. The highest BCUT2D eigenvalue weighted by Gasteiger charge is 2.17. The third-order valence-corrected chi connectivity index (χ3v) is 4.29. The van der Waals surface area contributed by atoms with Crippen LogP contribution in [0, 0.1) is 6.92 Å². The van der Waals surface area contributed by atoms with Crippen LogP contribution in [0.5, 0.6) is 0 Å². The van der Waals surface area contributed by atoms with Crippen molar-refractivity contribution in [2.24, 2.45) is 0 Å². The van der Waals surface area contributed by atoms with Crippen LogP contribution in [0.1, 0.15) is 18.1 Å². The summed E-state index contributed by atoms with van der Waals surface area (Å²) in [7, 11) is 0. The zero-order chi connectivity index (χ0) is 19.2. The van der Waals surface area contributed by atoms with Crippen LogP contribution in [0.15, 0.2) is 72.8 Å². The molecule has 0 aromatic heterocycles. The van der Waals surface area contributed by atoms with Gasteiger partial charge in [0.25, 0.3) is 5.91 Å². The average molecular weight is 359 g/mol. The van der Waals surface area contributed by atoms with Gasteiger partial charge in [0.1, 0.15) is 0 Å². The Balaban J connectivity index is 1.63. The second-order valence-corrected chi connectivity index (χ2v) is 6.28. The van der Waals surface area contributed by atoms with E-state index in [1.54, 1.807) is 13.0 Å². The molecule has 1 atom stereocenters. The van der Waals surface area contributed by atoms with Crippen LogP contribution in [0.2, 0.25) is 0 Å². The maximum atomic E-state index is 12.2. The van der Waals surface area contributed by atoms with Gasteiger partial charge in [0.05, 0.1) is 0 Å². The molecule has 0 aliphatic rings. The number of benzene rings is 3. The number of aryl methyl sites for hydroxylation is 1. The first-order valence-corrected chi connectivity index (χ1v) is 8.77. The number of esters is 1. The molecule has 1 amide bonds. The van der Waals surface area contributed by atoms with Gasteiger partial charge in [-0.25, -0.2) is 4.79 Å². The quantitative estimate of drug-likeness (QED) is 0.529. The van der Waals surface area contributed by atoms with Crippen molar-refractivity contribution in [2.75, 3.05) is 5.32 Å². The van der Waals surface area contributed by atoms with Gasteiger partial charge in [0.15, 0.2) is 6.10 Å². The zero-order valence-electron chi connectivity index (χ0n) is 15.3. The standard InChI is InChI=1S/C23H21NO3/c1-16-8-3-6-13-21(16)24-23(26)17(2)27-22(25)15-14-19-11-7-10-18-9-4-5-12-20(18)19/h3-15,17H,1-2H3,(H,24,26). The molecular formula is C23H21NO3. The predicted octanol–water partition coefficient (Wildman–Crippen LogP) is 4.73. The molecule has 0 heterocycles. The lowest BCUT2D eigenvalue weighted by Gasteiger charge is -2.13. The number of hydrogen-bond donors (Lipinski definition) is 1. The van der Waals surface area contributed by atoms with Gasteiger partial charge in [-0.05, 0) is 47.9 Å². The van der Waals surface area contributed by atoms with E-state index in [1.807, 2.05) is 73.7 Å². The Morgan fingerprint density at radius 1 is 0.963 bits per heavy atom. The van der Waals surface area contributed by atoms with Crippen LogP contribution in [0.25, 0.3) is 16.8 Å². The van der Waals surface area contributed by atoms with Crippen molar-refractivity contribution in [3.8, 4) is 0 Å². The third-order valence-electron chi connectivity index (χ3n) is 4.29. The van der Waals surface area contributed by atoms with Crippen molar-refractivity contribution in [1.29, 1.82) is 0 Å². The van der Waals surface area contributed by atoms with E-state index in [2.05, 4.69) is 5.32 Å². The highest BCUT2D eigenvalue weighted by Crippen LogP contribution is 2.19. The van der Waals surface area contributed by atoms with E-state index in [1.165, 1.54) is 6.08 Å². The summed E-state index contributed by atoms with van der Waals surface area (Å²) in [5, 5.41) is 4.92. The second-order valence-electron chi connectivity index (χ2n) is 6.28. The Kier molecular flexibility index (Phi) is 5.67. The fourth-order valence-corrected chi connectivity index (χ4v) is 2.77. The Hall–Kier alpha value is -3.40. The number of carbonyl (C=O) groups excluding carboxylic acids is 2. The summed E-state index contributed by atoms with van der Waals surface area (Å²) in [4.78, 5) is 24.3.